The molecule has 1 atom stereocenters. The highest BCUT2D eigenvalue weighted by Crippen LogP contribution is 2.30. The van der Waals surface area contributed by atoms with Crippen molar-refractivity contribution >= 4 is 28.8 Å². The molecule has 0 aliphatic heterocycles. The summed E-state index contributed by atoms with van der Waals surface area (Å²) in [6.45, 7) is 0.708. The van der Waals surface area contributed by atoms with Gasteiger partial charge in [-0.15, -0.1) is 11.3 Å². The predicted octanol–water partition coefficient (Wildman–Crippen LogP) is 3.85. The van der Waals surface area contributed by atoms with E-state index < -0.39 is 0 Å². The van der Waals surface area contributed by atoms with Gasteiger partial charge in [0.15, 0.2) is 0 Å². The van der Waals surface area contributed by atoms with Gasteiger partial charge in [-0.1, -0.05) is 23.7 Å². The molecular formula is C18H17ClN4OS. The quantitative estimate of drug-likeness (QED) is 0.756. The number of rotatable bonds is 4. The summed E-state index contributed by atoms with van der Waals surface area (Å²) in [6, 6.07) is 7.81. The minimum atomic E-state index is -0.121. The Morgan fingerprint density at radius 1 is 1.36 bits per heavy atom. The normalized spacial score (nSPS) is 16.4. The lowest BCUT2D eigenvalue weighted by molar-refractivity contribution is 0.0928. The van der Waals surface area contributed by atoms with E-state index in [2.05, 4.69) is 15.4 Å². The molecule has 25 heavy (non-hydrogen) atoms. The molecule has 0 saturated carbocycles. The average Bonchev–Trinajstić information content (AvgIpc) is 3.28. The first-order chi connectivity index (χ1) is 12.2. The van der Waals surface area contributed by atoms with Crippen molar-refractivity contribution in [3.05, 3.63) is 68.9 Å². The maximum absolute atomic E-state index is 12.3. The van der Waals surface area contributed by atoms with Crippen molar-refractivity contribution in [2.45, 2.75) is 31.8 Å². The number of thiazole rings is 1. The molecule has 0 saturated heterocycles. The molecule has 2 heterocycles. The van der Waals surface area contributed by atoms with Gasteiger partial charge in [-0.05, 0) is 37.0 Å². The lowest BCUT2D eigenvalue weighted by Gasteiger charge is -2.24. The van der Waals surface area contributed by atoms with Gasteiger partial charge in [0.25, 0.3) is 5.91 Å². The highest BCUT2D eigenvalue weighted by Gasteiger charge is 2.26. The Morgan fingerprint density at radius 2 is 2.20 bits per heavy atom. The molecule has 1 aliphatic rings. The molecule has 0 fully saturated rings. The van der Waals surface area contributed by atoms with Gasteiger partial charge in [0.05, 0.1) is 24.3 Å². The second kappa shape index (κ2) is 6.98. The summed E-state index contributed by atoms with van der Waals surface area (Å²) in [5.74, 6) is -0.121. The van der Waals surface area contributed by atoms with Crippen LogP contribution in [0.4, 0.5) is 0 Å². The van der Waals surface area contributed by atoms with Gasteiger partial charge in [0, 0.05) is 21.7 Å². The molecule has 128 valence electrons. The summed E-state index contributed by atoms with van der Waals surface area (Å²) in [5, 5.41) is 10.2. The molecule has 0 unspecified atom stereocenters. The first-order valence-corrected chi connectivity index (χ1v) is 9.51. The summed E-state index contributed by atoms with van der Waals surface area (Å²) >= 11 is 7.38. The molecule has 4 rings (SSSR count). The van der Waals surface area contributed by atoms with Crippen LogP contribution in [0.5, 0.6) is 0 Å². The fourth-order valence-electron chi connectivity index (χ4n) is 3.22. The maximum Gasteiger partial charge on any atom is 0.271 e. The third-order valence-corrected chi connectivity index (χ3v) is 5.32. The van der Waals surface area contributed by atoms with Gasteiger partial charge in [-0.25, -0.2) is 4.98 Å². The summed E-state index contributed by atoms with van der Waals surface area (Å²) < 4.78 is 2.03. The molecule has 3 aromatic rings. The van der Waals surface area contributed by atoms with Crippen LogP contribution >= 0.6 is 22.9 Å². The van der Waals surface area contributed by atoms with Crippen LogP contribution in [0.2, 0.25) is 5.02 Å². The lowest BCUT2D eigenvalue weighted by atomic mass is 9.93. The third kappa shape index (κ3) is 3.45. The van der Waals surface area contributed by atoms with E-state index >= 15 is 0 Å². The van der Waals surface area contributed by atoms with Crippen LogP contribution < -0.4 is 5.32 Å². The number of amides is 1. The molecular weight excluding hydrogens is 356 g/mol. The Kier molecular flexibility index (Phi) is 4.55. The molecule has 0 spiro atoms. The zero-order valence-electron chi connectivity index (χ0n) is 13.5. The van der Waals surface area contributed by atoms with Crippen LogP contribution in [0.3, 0.4) is 0 Å². The number of carbonyl (C=O) groups excluding carboxylic acids is 1. The molecule has 1 amide bonds. The number of hydrogen-bond acceptors (Lipinski definition) is 4. The van der Waals surface area contributed by atoms with E-state index in [9.17, 15) is 4.79 Å². The van der Waals surface area contributed by atoms with Crippen LogP contribution in [0.25, 0.3) is 0 Å². The van der Waals surface area contributed by atoms with E-state index in [4.69, 9.17) is 11.6 Å². The van der Waals surface area contributed by atoms with Gasteiger partial charge < -0.3 is 5.32 Å². The lowest BCUT2D eigenvalue weighted by Crippen LogP contribution is -2.31. The SMILES string of the molecule is O=C(N[C@H]1CCCc2c1cnn2Cc1ccc(Cl)cc1)c1cscn1. The van der Waals surface area contributed by atoms with E-state index in [0.29, 0.717) is 12.2 Å². The molecule has 2 aromatic heterocycles. The number of aromatic nitrogens is 3. The van der Waals surface area contributed by atoms with E-state index in [1.54, 1.807) is 10.9 Å². The van der Waals surface area contributed by atoms with Gasteiger partial charge in [0.1, 0.15) is 5.69 Å². The van der Waals surface area contributed by atoms with E-state index in [0.717, 1.165) is 35.4 Å². The molecule has 1 aliphatic carbocycles. The van der Waals surface area contributed by atoms with Crippen molar-refractivity contribution in [2.75, 3.05) is 0 Å². The van der Waals surface area contributed by atoms with Crippen molar-refractivity contribution in [1.29, 1.82) is 0 Å². The van der Waals surface area contributed by atoms with Crippen LogP contribution in [0, 0.1) is 0 Å². The smallest absolute Gasteiger partial charge is 0.271 e. The first-order valence-electron chi connectivity index (χ1n) is 8.19. The van der Waals surface area contributed by atoms with Crippen molar-refractivity contribution in [2.24, 2.45) is 0 Å². The maximum atomic E-state index is 12.3. The van der Waals surface area contributed by atoms with Gasteiger partial charge >= 0.3 is 0 Å². The molecule has 1 aromatic carbocycles. The number of benzene rings is 1. The van der Waals surface area contributed by atoms with Crippen LogP contribution in [-0.2, 0) is 13.0 Å². The zero-order valence-corrected chi connectivity index (χ0v) is 15.1. The summed E-state index contributed by atoms with van der Waals surface area (Å²) in [5.41, 5.74) is 5.62. The van der Waals surface area contributed by atoms with Gasteiger partial charge in [-0.3, -0.25) is 9.48 Å². The highest BCUT2D eigenvalue weighted by molar-refractivity contribution is 7.07. The largest absolute Gasteiger partial charge is 0.344 e. The molecule has 1 N–H and O–H groups in total. The third-order valence-electron chi connectivity index (χ3n) is 4.48. The van der Waals surface area contributed by atoms with E-state index in [1.807, 2.05) is 35.1 Å². The van der Waals surface area contributed by atoms with Gasteiger partial charge in [-0.2, -0.15) is 5.10 Å². The van der Waals surface area contributed by atoms with Crippen LogP contribution in [0.15, 0.2) is 41.4 Å². The summed E-state index contributed by atoms with van der Waals surface area (Å²) in [6.07, 6.45) is 4.82. The zero-order chi connectivity index (χ0) is 17.2. The monoisotopic (exact) mass is 372 g/mol. The number of carbonyl (C=O) groups is 1. The van der Waals surface area contributed by atoms with Crippen molar-refractivity contribution in [3.8, 4) is 0 Å². The van der Waals surface area contributed by atoms with E-state index in [-0.39, 0.29) is 11.9 Å². The second-order valence-corrected chi connectivity index (χ2v) is 7.28. The van der Waals surface area contributed by atoms with Crippen molar-refractivity contribution < 1.29 is 4.79 Å². The Labute approximate surface area is 154 Å². The van der Waals surface area contributed by atoms with Crippen molar-refractivity contribution in [1.82, 2.24) is 20.1 Å². The first kappa shape index (κ1) is 16.3. The molecule has 0 radical (unpaired) electrons. The summed E-state index contributed by atoms with van der Waals surface area (Å²) in [4.78, 5) is 16.4. The van der Waals surface area contributed by atoms with Crippen molar-refractivity contribution in [3.63, 3.8) is 0 Å². The number of halogens is 1. The number of hydrogen-bond donors (Lipinski definition) is 1. The Hall–Kier alpha value is -2.18. The topological polar surface area (TPSA) is 59.8 Å². The number of fused-ring (bicyclic) bond motifs is 1. The number of nitrogens with one attached hydrogen (secondary N) is 1. The molecule has 7 heteroatoms. The minimum absolute atomic E-state index is 0.00285. The minimum Gasteiger partial charge on any atom is -0.344 e. The second-order valence-electron chi connectivity index (χ2n) is 6.12. The Balaban J connectivity index is 1.53. The fourth-order valence-corrected chi connectivity index (χ4v) is 3.88. The molecule has 5 nitrogen and oxygen atoms in total. The summed E-state index contributed by atoms with van der Waals surface area (Å²) in [7, 11) is 0. The molecule has 0 bridgehead atoms. The van der Waals surface area contributed by atoms with Crippen LogP contribution in [0.1, 0.15) is 46.2 Å². The highest BCUT2D eigenvalue weighted by atomic mass is 35.5. The Morgan fingerprint density at radius 3 is 2.96 bits per heavy atom. The van der Waals surface area contributed by atoms with Gasteiger partial charge in [0.2, 0.25) is 0 Å². The standard InChI is InChI=1S/C18H17ClN4OS/c19-13-6-4-12(5-7-13)9-23-17-3-1-2-15(14(17)8-21-23)22-18(24)16-10-25-11-20-16/h4-8,10-11,15H,1-3,9H2,(H,22,24)/t15-/m0/s1. The Bertz CT molecular complexity index is 873. The number of nitrogens with zero attached hydrogens (tertiary/aromatic N) is 3. The van der Waals surface area contributed by atoms with Crippen LogP contribution in [-0.4, -0.2) is 20.7 Å². The fraction of sp³-hybridized carbons (Fsp3) is 0.278. The van der Waals surface area contributed by atoms with E-state index in [1.165, 1.54) is 17.0 Å². The average molecular weight is 373 g/mol. The predicted molar refractivity (Wildman–Crippen MR) is 98.0 cm³/mol.